The van der Waals surface area contributed by atoms with Gasteiger partial charge in [-0.3, -0.25) is 19.5 Å². The Bertz CT molecular complexity index is 782. The van der Waals surface area contributed by atoms with E-state index in [9.17, 15) is 9.59 Å². The Balaban J connectivity index is 2.33. The number of pyridine rings is 1. The maximum absolute atomic E-state index is 12.9. The summed E-state index contributed by atoms with van der Waals surface area (Å²) in [5.41, 5.74) is 1.09. The van der Waals surface area contributed by atoms with Crippen LogP contribution >= 0.6 is 23.4 Å². The van der Waals surface area contributed by atoms with Crippen LogP contribution in [-0.2, 0) is 14.3 Å². The summed E-state index contributed by atoms with van der Waals surface area (Å²) in [5, 5.41) is 4.40. The smallest absolute Gasteiger partial charge is 0.310 e. The minimum absolute atomic E-state index is 0.143. The molecule has 0 saturated heterocycles. The van der Waals surface area contributed by atoms with Crippen molar-refractivity contribution in [3.05, 3.63) is 35.9 Å². The fourth-order valence-corrected chi connectivity index (χ4v) is 3.16. The van der Waals surface area contributed by atoms with E-state index in [4.69, 9.17) is 16.3 Å². The molecule has 1 atom stereocenters. The molecular weight excluding hydrogens is 388 g/mol. The number of halogens is 1. The lowest BCUT2D eigenvalue weighted by atomic mass is 10.2. The van der Waals surface area contributed by atoms with Crippen molar-refractivity contribution in [3.63, 3.8) is 0 Å². The molecule has 9 heteroatoms. The number of esters is 1. The highest BCUT2D eigenvalue weighted by molar-refractivity contribution is 7.98. The van der Waals surface area contributed by atoms with Gasteiger partial charge in [0.05, 0.1) is 24.0 Å². The average molecular weight is 411 g/mol. The first kappa shape index (κ1) is 21.2. The molecule has 0 bridgehead atoms. The summed E-state index contributed by atoms with van der Waals surface area (Å²) in [6, 6.07) is 3.60. The van der Waals surface area contributed by atoms with Crippen molar-refractivity contribution in [2.24, 2.45) is 11.8 Å². The van der Waals surface area contributed by atoms with Crippen LogP contribution in [0.5, 0.6) is 0 Å². The highest BCUT2D eigenvalue weighted by Gasteiger charge is 2.27. The SMILES string of the molecule is CSCC(C)C(=O)N(COC(=O)C(C)C)c1cn(-c2cccnc2)nc1Cl. The summed E-state index contributed by atoms with van der Waals surface area (Å²) in [6.07, 6.45) is 6.85. The Morgan fingerprint density at radius 2 is 2.11 bits per heavy atom. The molecule has 2 aromatic heterocycles. The second kappa shape index (κ2) is 9.75. The molecule has 0 N–H and O–H groups in total. The van der Waals surface area contributed by atoms with Gasteiger partial charge in [0.1, 0.15) is 5.69 Å². The van der Waals surface area contributed by atoms with E-state index >= 15 is 0 Å². The van der Waals surface area contributed by atoms with E-state index in [2.05, 4.69) is 10.1 Å². The van der Waals surface area contributed by atoms with Crippen LogP contribution in [0, 0.1) is 11.8 Å². The molecule has 1 amide bonds. The predicted molar refractivity (Wildman–Crippen MR) is 107 cm³/mol. The van der Waals surface area contributed by atoms with E-state index in [1.165, 1.54) is 9.58 Å². The van der Waals surface area contributed by atoms with Gasteiger partial charge >= 0.3 is 5.97 Å². The second-order valence-electron chi connectivity index (χ2n) is 6.33. The Morgan fingerprint density at radius 3 is 2.70 bits per heavy atom. The first-order valence-electron chi connectivity index (χ1n) is 8.47. The Morgan fingerprint density at radius 1 is 1.37 bits per heavy atom. The molecular formula is C18H23ClN4O3S. The topological polar surface area (TPSA) is 77.3 Å². The molecule has 7 nitrogen and oxygen atoms in total. The van der Waals surface area contributed by atoms with Crippen molar-refractivity contribution in [1.82, 2.24) is 14.8 Å². The molecule has 0 saturated carbocycles. The molecule has 2 aromatic rings. The number of carbonyl (C=O) groups excluding carboxylic acids is 2. The Kier molecular flexibility index (Phi) is 7.67. The van der Waals surface area contributed by atoms with Gasteiger partial charge in [-0.2, -0.15) is 16.9 Å². The number of rotatable bonds is 8. The van der Waals surface area contributed by atoms with Crippen molar-refractivity contribution < 1.29 is 14.3 Å². The van der Waals surface area contributed by atoms with Crippen LogP contribution < -0.4 is 4.90 Å². The summed E-state index contributed by atoms with van der Waals surface area (Å²) in [5.74, 6) is -0.494. The third-order valence-electron chi connectivity index (χ3n) is 3.76. The molecule has 0 fully saturated rings. The number of nitrogens with zero attached hydrogens (tertiary/aromatic N) is 4. The molecule has 0 aromatic carbocycles. The molecule has 0 radical (unpaired) electrons. The standard InChI is InChI=1S/C18H23ClN4O3S/c1-12(2)18(25)26-11-22(17(24)13(3)10-27-4)15-9-23(21-16(15)19)14-6-5-7-20-8-14/h5-9,12-13H,10-11H2,1-4H3. The Hall–Kier alpha value is -2.06. The van der Waals surface area contributed by atoms with E-state index < -0.39 is 0 Å². The molecule has 0 aliphatic carbocycles. The number of hydrogen-bond donors (Lipinski definition) is 0. The summed E-state index contributed by atoms with van der Waals surface area (Å²) in [7, 11) is 0. The maximum atomic E-state index is 12.9. The average Bonchev–Trinajstić information content (AvgIpc) is 3.04. The molecule has 27 heavy (non-hydrogen) atoms. The van der Waals surface area contributed by atoms with Crippen LogP contribution in [0.2, 0.25) is 5.15 Å². The number of carbonyl (C=O) groups is 2. The summed E-state index contributed by atoms with van der Waals surface area (Å²) in [4.78, 5) is 30.2. The van der Waals surface area contributed by atoms with Crippen LogP contribution in [0.3, 0.4) is 0 Å². The molecule has 0 aliphatic heterocycles. The van der Waals surface area contributed by atoms with Crippen molar-refractivity contribution in [2.75, 3.05) is 23.6 Å². The number of thioether (sulfide) groups is 1. The van der Waals surface area contributed by atoms with Crippen molar-refractivity contribution in [2.45, 2.75) is 20.8 Å². The lowest BCUT2D eigenvalue weighted by Gasteiger charge is -2.24. The number of anilines is 1. The normalized spacial score (nSPS) is 12.1. The van der Waals surface area contributed by atoms with Gasteiger partial charge in [0.15, 0.2) is 11.9 Å². The quantitative estimate of drug-likeness (QED) is 0.490. The maximum Gasteiger partial charge on any atom is 0.310 e. The van der Waals surface area contributed by atoms with Crippen molar-refractivity contribution >= 4 is 40.9 Å². The first-order valence-corrected chi connectivity index (χ1v) is 10.2. The van der Waals surface area contributed by atoms with Gasteiger partial charge in [0.25, 0.3) is 0 Å². The molecule has 1 unspecified atom stereocenters. The van der Waals surface area contributed by atoms with Crippen LogP contribution in [0.4, 0.5) is 5.69 Å². The molecule has 0 aliphatic rings. The molecule has 2 heterocycles. The summed E-state index contributed by atoms with van der Waals surface area (Å²) in [6.45, 7) is 5.08. The monoisotopic (exact) mass is 410 g/mol. The lowest BCUT2D eigenvalue weighted by Crippen LogP contribution is -2.39. The highest BCUT2D eigenvalue weighted by atomic mass is 35.5. The van der Waals surface area contributed by atoms with Crippen LogP contribution in [0.1, 0.15) is 20.8 Å². The minimum atomic E-state index is -0.388. The fraction of sp³-hybridized carbons (Fsp3) is 0.444. The second-order valence-corrected chi connectivity index (χ2v) is 7.60. The molecule has 146 valence electrons. The van der Waals surface area contributed by atoms with E-state index in [1.807, 2.05) is 19.2 Å². The van der Waals surface area contributed by atoms with Gasteiger partial charge in [0, 0.05) is 17.9 Å². The third kappa shape index (κ3) is 5.46. The zero-order chi connectivity index (χ0) is 20.0. The molecule has 2 rings (SSSR count). The van der Waals surface area contributed by atoms with Gasteiger partial charge in [-0.1, -0.05) is 32.4 Å². The van der Waals surface area contributed by atoms with Crippen LogP contribution in [0.25, 0.3) is 5.69 Å². The van der Waals surface area contributed by atoms with Gasteiger partial charge in [-0.05, 0) is 18.4 Å². The minimum Gasteiger partial charge on any atom is -0.444 e. The zero-order valence-electron chi connectivity index (χ0n) is 15.8. The largest absolute Gasteiger partial charge is 0.444 e. The van der Waals surface area contributed by atoms with Gasteiger partial charge in [0.2, 0.25) is 5.91 Å². The third-order valence-corrected chi connectivity index (χ3v) is 4.87. The summed E-state index contributed by atoms with van der Waals surface area (Å²) < 4.78 is 6.83. The van der Waals surface area contributed by atoms with Gasteiger partial charge < -0.3 is 4.74 Å². The van der Waals surface area contributed by atoms with Crippen molar-refractivity contribution in [1.29, 1.82) is 0 Å². The van der Waals surface area contributed by atoms with Gasteiger partial charge in [-0.25, -0.2) is 4.68 Å². The lowest BCUT2D eigenvalue weighted by molar-refractivity contribution is -0.147. The van der Waals surface area contributed by atoms with Gasteiger partial charge in [-0.15, -0.1) is 0 Å². The summed E-state index contributed by atoms with van der Waals surface area (Å²) >= 11 is 7.87. The predicted octanol–water partition coefficient (Wildman–Crippen LogP) is 3.41. The number of hydrogen-bond acceptors (Lipinski definition) is 6. The first-order chi connectivity index (χ1) is 12.8. The van der Waals surface area contributed by atoms with Crippen LogP contribution in [0.15, 0.2) is 30.7 Å². The van der Waals surface area contributed by atoms with E-state index in [-0.39, 0.29) is 35.6 Å². The van der Waals surface area contributed by atoms with E-state index in [0.717, 1.165) is 0 Å². The number of ether oxygens (including phenoxy) is 1. The number of aromatic nitrogens is 3. The zero-order valence-corrected chi connectivity index (χ0v) is 17.3. The highest BCUT2D eigenvalue weighted by Crippen LogP contribution is 2.28. The molecule has 0 spiro atoms. The Labute approximate surface area is 168 Å². The van der Waals surface area contributed by atoms with Crippen LogP contribution in [-0.4, -0.2) is 45.4 Å². The fourth-order valence-electron chi connectivity index (χ4n) is 2.28. The van der Waals surface area contributed by atoms with E-state index in [1.54, 1.807) is 50.3 Å². The number of amides is 1. The van der Waals surface area contributed by atoms with Crippen molar-refractivity contribution in [3.8, 4) is 5.69 Å². The van der Waals surface area contributed by atoms with E-state index in [0.29, 0.717) is 17.1 Å².